The molecule has 0 spiro atoms. The number of halogens is 2. The lowest BCUT2D eigenvalue weighted by atomic mass is 10.1. The van der Waals surface area contributed by atoms with Crippen molar-refractivity contribution in [3.05, 3.63) is 87.6 Å². The number of nitrogens with two attached hydrogens (primary N) is 1. The molecular formula is C24H18ClFN6O2. The van der Waals surface area contributed by atoms with Gasteiger partial charge in [0.25, 0.3) is 11.8 Å². The van der Waals surface area contributed by atoms with E-state index in [1.54, 1.807) is 23.0 Å². The number of primary amides is 1. The van der Waals surface area contributed by atoms with E-state index in [1.165, 1.54) is 12.1 Å². The molecule has 10 heteroatoms. The number of rotatable bonds is 6. The van der Waals surface area contributed by atoms with Crippen LogP contribution in [0.5, 0.6) is 0 Å². The molecule has 2 heterocycles. The number of amides is 2. The normalized spacial score (nSPS) is 10.8. The maximum Gasteiger partial charge on any atom is 0.267 e. The fourth-order valence-electron chi connectivity index (χ4n) is 3.50. The number of nitrogens with zero attached hydrogens (tertiary/aromatic N) is 4. The zero-order valence-corrected chi connectivity index (χ0v) is 18.7. The van der Waals surface area contributed by atoms with Crippen molar-refractivity contribution in [3.63, 3.8) is 0 Å². The third kappa shape index (κ3) is 4.58. The highest BCUT2D eigenvalue weighted by Gasteiger charge is 2.19. The number of carbonyl (C=O) groups is 2. The molecule has 0 saturated heterocycles. The minimum absolute atomic E-state index is 0.0718. The summed E-state index contributed by atoms with van der Waals surface area (Å²) < 4.78 is 15.7. The van der Waals surface area contributed by atoms with Gasteiger partial charge in [-0.15, -0.1) is 0 Å². The first-order valence-electron chi connectivity index (χ1n) is 10.3. The van der Waals surface area contributed by atoms with Crippen LogP contribution in [-0.2, 0) is 13.0 Å². The summed E-state index contributed by atoms with van der Waals surface area (Å²) in [4.78, 5) is 29.0. The van der Waals surface area contributed by atoms with Gasteiger partial charge in [-0.05, 0) is 36.2 Å². The quantitative estimate of drug-likeness (QED) is 0.434. The highest BCUT2D eigenvalue weighted by Crippen LogP contribution is 2.27. The maximum absolute atomic E-state index is 14.0. The molecule has 170 valence electrons. The molecule has 0 aliphatic rings. The molecule has 0 atom stereocenters. The average molecular weight is 477 g/mol. The van der Waals surface area contributed by atoms with Crippen LogP contribution in [0.1, 0.15) is 44.6 Å². The second kappa shape index (κ2) is 9.29. The Bertz CT molecular complexity index is 1470. The van der Waals surface area contributed by atoms with E-state index >= 15 is 0 Å². The SMILES string of the molecule is CCc1nn(Cc2ccc(C#N)cc2)cc1NC(=O)c1cc(C(N)=O)nc2cc(F)c(Cl)cc12. The largest absolute Gasteiger partial charge is 0.364 e. The molecule has 0 radical (unpaired) electrons. The summed E-state index contributed by atoms with van der Waals surface area (Å²) in [5, 5.41) is 16.4. The Morgan fingerprint density at radius 1 is 1.24 bits per heavy atom. The number of nitrogens with one attached hydrogen (secondary N) is 1. The van der Waals surface area contributed by atoms with E-state index in [9.17, 15) is 14.0 Å². The predicted octanol–water partition coefficient (Wildman–Crippen LogP) is 4.06. The van der Waals surface area contributed by atoms with Crippen LogP contribution in [0.15, 0.2) is 48.7 Å². The molecule has 0 saturated carbocycles. The molecule has 2 aromatic carbocycles. The first kappa shape index (κ1) is 22.9. The summed E-state index contributed by atoms with van der Waals surface area (Å²) in [6.07, 6.45) is 2.25. The van der Waals surface area contributed by atoms with Gasteiger partial charge in [0.1, 0.15) is 11.5 Å². The van der Waals surface area contributed by atoms with Crippen LogP contribution in [0, 0.1) is 17.1 Å². The highest BCUT2D eigenvalue weighted by molar-refractivity contribution is 6.31. The second-order valence-corrected chi connectivity index (χ2v) is 7.91. The molecule has 4 aromatic rings. The third-order valence-corrected chi connectivity index (χ3v) is 5.49. The van der Waals surface area contributed by atoms with Crippen molar-refractivity contribution in [3.8, 4) is 6.07 Å². The van der Waals surface area contributed by atoms with Crippen LogP contribution >= 0.6 is 11.6 Å². The lowest BCUT2D eigenvalue weighted by molar-refractivity contribution is 0.0996. The van der Waals surface area contributed by atoms with Crippen LogP contribution in [-0.4, -0.2) is 26.6 Å². The molecule has 2 aromatic heterocycles. The molecule has 0 unspecified atom stereocenters. The fourth-order valence-corrected chi connectivity index (χ4v) is 3.67. The van der Waals surface area contributed by atoms with Crippen molar-refractivity contribution in [1.29, 1.82) is 5.26 Å². The molecule has 4 rings (SSSR count). The Hall–Kier alpha value is -4.29. The number of benzene rings is 2. The van der Waals surface area contributed by atoms with E-state index in [4.69, 9.17) is 22.6 Å². The van der Waals surface area contributed by atoms with E-state index in [0.717, 1.165) is 11.6 Å². The number of aromatic nitrogens is 3. The molecule has 2 amide bonds. The van der Waals surface area contributed by atoms with Gasteiger partial charge in [0.15, 0.2) is 0 Å². The Kier molecular flexibility index (Phi) is 6.25. The maximum atomic E-state index is 14.0. The molecule has 0 aliphatic carbocycles. The van der Waals surface area contributed by atoms with E-state index < -0.39 is 17.6 Å². The number of fused-ring (bicyclic) bond motifs is 1. The third-order valence-electron chi connectivity index (χ3n) is 5.20. The minimum Gasteiger partial charge on any atom is -0.364 e. The van der Waals surface area contributed by atoms with Crippen molar-refractivity contribution in [2.75, 3.05) is 5.32 Å². The lowest BCUT2D eigenvalue weighted by Gasteiger charge is -2.10. The number of aryl methyl sites for hydroxylation is 1. The molecular weight excluding hydrogens is 459 g/mol. The van der Waals surface area contributed by atoms with Crippen molar-refractivity contribution < 1.29 is 14.0 Å². The number of nitriles is 1. The summed E-state index contributed by atoms with van der Waals surface area (Å²) in [7, 11) is 0. The van der Waals surface area contributed by atoms with Crippen molar-refractivity contribution in [2.24, 2.45) is 5.73 Å². The summed E-state index contributed by atoms with van der Waals surface area (Å²) in [6.45, 7) is 2.34. The van der Waals surface area contributed by atoms with Crippen LogP contribution in [0.3, 0.4) is 0 Å². The zero-order chi connectivity index (χ0) is 24.4. The summed E-state index contributed by atoms with van der Waals surface area (Å²) in [6, 6.07) is 12.8. The summed E-state index contributed by atoms with van der Waals surface area (Å²) in [5.41, 5.74) is 7.96. The number of hydrogen-bond acceptors (Lipinski definition) is 5. The van der Waals surface area contributed by atoms with Crippen LogP contribution < -0.4 is 11.1 Å². The monoisotopic (exact) mass is 476 g/mol. The van der Waals surface area contributed by atoms with Gasteiger partial charge in [-0.2, -0.15) is 10.4 Å². The van der Waals surface area contributed by atoms with Crippen molar-refractivity contribution >= 4 is 40.0 Å². The first-order valence-corrected chi connectivity index (χ1v) is 10.6. The lowest BCUT2D eigenvalue weighted by Crippen LogP contribution is -2.18. The standard InChI is InChI=1S/C24H18ClFN6O2/c1-2-19-22(12-32(31-19)11-14-5-3-13(10-27)4-6-14)30-24(34)16-8-21(23(28)33)29-20-9-18(26)17(25)7-15(16)20/h3-9,12H,2,11H2,1H3,(H2,28,33)(H,30,34). The molecule has 8 nitrogen and oxygen atoms in total. The minimum atomic E-state index is -0.851. The van der Waals surface area contributed by atoms with E-state index in [0.29, 0.717) is 29.9 Å². The highest BCUT2D eigenvalue weighted by atomic mass is 35.5. The molecule has 3 N–H and O–H groups in total. The predicted molar refractivity (Wildman–Crippen MR) is 125 cm³/mol. The molecule has 34 heavy (non-hydrogen) atoms. The van der Waals surface area contributed by atoms with Gasteiger partial charge < -0.3 is 11.1 Å². The van der Waals surface area contributed by atoms with Gasteiger partial charge in [0.2, 0.25) is 0 Å². The van der Waals surface area contributed by atoms with Crippen LogP contribution in [0.25, 0.3) is 10.9 Å². The number of hydrogen-bond donors (Lipinski definition) is 2. The van der Waals surface area contributed by atoms with E-state index in [2.05, 4.69) is 21.5 Å². The van der Waals surface area contributed by atoms with Gasteiger partial charge in [-0.3, -0.25) is 14.3 Å². The smallest absolute Gasteiger partial charge is 0.267 e. The fraction of sp³-hybridized carbons (Fsp3) is 0.125. The Balaban J connectivity index is 1.67. The number of carbonyl (C=O) groups excluding carboxylic acids is 2. The number of anilines is 1. The number of pyridine rings is 1. The van der Waals surface area contributed by atoms with Gasteiger partial charge in [-0.25, -0.2) is 9.37 Å². The summed E-state index contributed by atoms with van der Waals surface area (Å²) >= 11 is 5.92. The zero-order valence-electron chi connectivity index (χ0n) is 18.0. The van der Waals surface area contributed by atoms with Crippen LogP contribution in [0.2, 0.25) is 5.02 Å². The van der Waals surface area contributed by atoms with Crippen molar-refractivity contribution in [1.82, 2.24) is 14.8 Å². The van der Waals surface area contributed by atoms with E-state index in [-0.39, 0.29) is 27.2 Å². The summed E-state index contributed by atoms with van der Waals surface area (Å²) in [5.74, 6) is -2.13. The molecule has 0 bridgehead atoms. The van der Waals surface area contributed by atoms with Gasteiger partial charge in [-0.1, -0.05) is 30.7 Å². The van der Waals surface area contributed by atoms with Gasteiger partial charge in [0.05, 0.1) is 45.7 Å². The Morgan fingerprint density at radius 3 is 2.62 bits per heavy atom. The Labute approximate surface area is 198 Å². The van der Waals surface area contributed by atoms with Gasteiger partial charge >= 0.3 is 0 Å². The van der Waals surface area contributed by atoms with Gasteiger partial charge in [0, 0.05) is 17.6 Å². The van der Waals surface area contributed by atoms with Crippen molar-refractivity contribution in [2.45, 2.75) is 19.9 Å². The van der Waals surface area contributed by atoms with Crippen LogP contribution in [0.4, 0.5) is 10.1 Å². The topological polar surface area (TPSA) is 127 Å². The first-order chi connectivity index (χ1) is 16.3. The Morgan fingerprint density at radius 2 is 1.97 bits per heavy atom. The van der Waals surface area contributed by atoms with E-state index in [1.807, 2.05) is 19.1 Å². The average Bonchev–Trinajstić information content (AvgIpc) is 3.20. The second-order valence-electron chi connectivity index (χ2n) is 7.51. The molecule has 0 fully saturated rings. The molecule has 0 aliphatic heterocycles.